The Morgan fingerprint density at radius 3 is 2.56 bits per heavy atom. The van der Waals surface area contributed by atoms with Crippen LogP contribution in [0.15, 0.2) is 6.07 Å². The minimum absolute atomic E-state index is 0.391. The maximum Gasteiger partial charge on any atom is 0.0426 e. The van der Waals surface area contributed by atoms with Gasteiger partial charge in [-0.05, 0) is 64.0 Å². The van der Waals surface area contributed by atoms with E-state index in [1.165, 1.54) is 29.7 Å². The molecule has 100 valence electrons. The highest BCUT2D eigenvalue weighted by atomic mass is 32.2. The summed E-state index contributed by atoms with van der Waals surface area (Å²) in [6.45, 7) is 9.74. The Kier molecular flexibility index (Phi) is 4.02. The van der Waals surface area contributed by atoms with Gasteiger partial charge in [-0.15, -0.1) is 0 Å². The second kappa shape index (κ2) is 5.22. The van der Waals surface area contributed by atoms with Crippen molar-refractivity contribution < 1.29 is 0 Å². The van der Waals surface area contributed by atoms with Crippen molar-refractivity contribution in [3.05, 3.63) is 28.6 Å². The van der Waals surface area contributed by atoms with Crippen molar-refractivity contribution in [1.29, 1.82) is 0 Å². The van der Waals surface area contributed by atoms with Crippen molar-refractivity contribution in [2.24, 2.45) is 0 Å². The summed E-state index contributed by atoms with van der Waals surface area (Å²) in [5, 5.41) is 3.69. The fraction of sp³-hybridized carbons (Fsp3) is 0.667. The predicted molar refractivity (Wildman–Crippen MR) is 80.3 cm³/mol. The second-order valence-corrected chi connectivity index (χ2v) is 6.84. The quantitative estimate of drug-likeness (QED) is 0.880. The van der Waals surface area contributed by atoms with Crippen LogP contribution < -0.4 is 5.32 Å². The van der Waals surface area contributed by atoms with Gasteiger partial charge in [-0.2, -0.15) is 11.8 Å². The van der Waals surface area contributed by atoms with E-state index in [1.807, 2.05) is 11.8 Å². The van der Waals surface area contributed by atoms with E-state index < -0.39 is 0 Å². The zero-order valence-corrected chi connectivity index (χ0v) is 12.9. The number of nitrogens with zero attached hydrogens (tertiary/aromatic N) is 1. The van der Waals surface area contributed by atoms with Crippen LogP contribution in [0.4, 0.5) is 0 Å². The monoisotopic (exact) mass is 264 g/mol. The molecule has 1 aliphatic rings. The molecule has 1 fully saturated rings. The summed E-state index contributed by atoms with van der Waals surface area (Å²) in [7, 11) is 0. The Labute approximate surface area is 115 Å². The first-order chi connectivity index (χ1) is 8.47. The predicted octanol–water partition coefficient (Wildman–Crippen LogP) is 3.55. The van der Waals surface area contributed by atoms with E-state index in [9.17, 15) is 0 Å². The van der Waals surface area contributed by atoms with E-state index in [1.54, 1.807) is 0 Å². The van der Waals surface area contributed by atoms with Crippen LogP contribution in [0.2, 0.25) is 0 Å². The van der Waals surface area contributed by atoms with Crippen LogP contribution >= 0.6 is 11.8 Å². The van der Waals surface area contributed by atoms with Crippen LogP contribution in [0.25, 0.3) is 0 Å². The molecule has 2 nitrogen and oxygen atoms in total. The van der Waals surface area contributed by atoms with E-state index in [2.05, 4.69) is 50.3 Å². The molecule has 0 aliphatic heterocycles. The molecule has 1 aliphatic carbocycles. The molecule has 2 rings (SSSR count). The van der Waals surface area contributed by atoms with Crippen molar-refractivity contribution >= 4 is 11.8 Å². The van der Waals surface area contributed by atoms with Crippen LogP contribution in [-0.4, -0.2) is 22.5 Å². The topological polar surface area (TPSA) is 24.9 Å². The molecule has 1 aromatic heterocycles. The largest absolute Gasteiger partial charge is 0.309 e. The summed E-state index contributed by atoms with van der Waals surface area (Å²) in [6, 6.07) is 2.57. The molecule has 0 aromatic carbocycles. The molecule has 1 atom stereocenters. The van der Waals surface area contributed by atoms with Crippen molar-refractivity contribution in [2.45, 2.75) is 51.3 Å². The van der Waals surface area contributed by atoms with Crippen LogP contribution in [0, 0.1) is 20.8 Å². The van der Waals surface area contributed by atoms with Crippen LogP contribution in [0.3, 0.4) is 0 Å². The molecule has 1 saturated carbocycles. The Balaban J connectivity index is 2.07. The normalized spacial score (nSPS) is 18.7. The van der Waals surface area contributed by atoms with E-state index in [0.717, 1.165) is 12.2 Å². The van der Waals surface area contributed by atoms with Gasteiger partial charge >= 0.3 is 0 Å². The molecule has 1 aromatic rings. The lowest BCUT2D eigenvalue weighted by atomic mass is 10.0. The summed E-state index contributed by atoms with van der Waals surface area (Å²) < 4.78 is 0.522. The Hall–Kier alpha value is -0.540. The second-order valence-electron chi connectivity index (χ2n) is 5.57. The molecule has 1 N–H and O–H groups in total. The maximum atomic E-state index is 4.59. The molecule has 3 heteroatoms. The zero-order chi connectivity index (χ0) is 13.3. The van der Waals surface area contributed by atoms with Crippen molar-refractivity contribution in [2.75, 3.05) is 12.8 Å². The SMILES string of the molecule is CSC1(CNC(C)c2c(C)cc(C)nc2C)CC1. The molecule has 0 amide bonds. The zero-order valence-electron chi connectivity index (χ0n) is 12.1. The van der Waals surface area contributed by atoms with Gasteiger partial charge in [-0.3, -0.25) is 4.98 Å². The highest BCUT2D eigenvalue weighted by molar-refractivity contribution is 8.00. The molecule has 18 heavy (non-hydrogen) atoms. The molecular formula is C15H24N2S. The summed E-state index contributed by atoms with van der Waals surface area (Å²) in [4.78, 5) is 4.59. The average molecular weight is 264 g/mol. The summed E-state index contributed by atoms with van der Waals surface area (Å²) in [6.07, 6.45) is 4.94. The van der Waals surface area contributed by atoms with Crippen LogP contribution in [0.5, 0.6) is 0 Å². The maximum absolute atomic E-state index is 4.59. The standard InChI is InChI=1S/C15H24N2S/c1-10-8-11(2)17-13(4)14(10)12(3)16-9-15(18-5)6-7-15/h8,12,16H,6-7,9H2,1-5H3. The molecular weight excluding hydrogens is 240 g/mol. The average Bonchev–Trinajstić information content (AvgIpc) is 3.05. The van der Waals surface area contributed by atoms with Crippen molar-refractivity contribution in [3.63, 3.8) is 0 Å². The first kappa shape index (κ1) is 13.9. The third-order valence-electron chi connectivity index (χ3n) is 3.99. The molecule has 1 unspecified atom stereocenters. The van der Waals surface area contributed by atoms with Gasteiger partial charge in [0.05, 0.1) is 0 Å². The van der Waals surface area contributed by atoms with Gasteiger partial charge < -0.3 is 5.32 Å². The van der Waals surface area contributed by atoms with Gasteiger partial charge in [-0.1, -0.05) is 0 Å². The number of hydrogen-bond donors (Lipinski definition) is 1. The lowest BCUT2D eigenvalue weighted by Crippen LogP contribution is -2.29. The fourth-order valence-electron chi connectivity index (χ4n) is 2.72. The summed E-state index contributed by atoms with van der Waals surface area (Å²) in [5.74, 6) is 0. The molecule has 0 saturated heterocycles. The third kappa shape index (κ3) is 2.89. The number of thioether (sulfide) groups is 1. The van der Waals surface area contributed by atoms with E-state index in [0.29, 0.717) is 10.8 Å². The minimum atomic E-state index is 0.391. The number of pyridine rings is 1. The highest BCUT2D eigenvalue weighted by Crippen LogP contribution is 2.46. The Morgan fingerprint density at radius 2 is 2.06 bits per heavy atom. The smallest absolute Gasteiger partial charge is 0.0426 e. The highest BCUT2D eigenvalue weighted by Gasteiger charge is 2.41. The molecule has 0 spiro atoms. The van der Waals surface area contributed by atoms with E-state index in [-0.39, 0.29) is 0 Å². The van der Waals surface area contributed by atoms with Gasteiger partial charge in [0.25, 0.3) is 0 Å². The van der Waals surface area contributed by atoms with Gasteiger partial charge in [0, 0.05) is 28.7 Å². The van der Waals surface area contributed by atoms with E-state index >= 15 is 0 Å². The summed E-state index contributed by atoms with van der Waals surface area (Å²) >= 11 is 2.01. The van der Waals surface area contributed by atoms with Gasteiger partial charge in [0.15, 0.2) is 0 Å². The number of hydrogen-bond acceptors (Lipinski definition) is 3. The first-order valence-electron chi connectivity index (χ1n) is 6.71. The van der Waals surface area contributed by atoms with E-state index in [4.69, 9.17) is 0 Å². The molecule has 0 bridgehead atoms. The lowest BCUT2D eigenvalue weighted by molar-refractivity contribution is 0.556. The summed E-state index contributed by atoms with van der Waals surface area (Å²) in [5.41, 5.74) is 5.01. The van der Waals surface area contributed by atoms with Gasteiger partial charge in [0.1, 0.15) is 0 Å². The fourth-order valence-corrected chi connectivity index (χ4v) is 3.46. The number of rotatable bonds is 5. The van der Waals surface area contributed by atoms with Crippen LogP contribution in [0.1, 0.15) is 48.3 Å². The lowest BCUT2D eigenvalue weighted by Gasteiger charge is -2.22. The van der Waals surface area contributed by atoms with Gasteiger partial charge in [0.2, 0.25) is 0 Å². The first-order valence-corrected chi connectivity index (χ1v) is 7.93. The minimum Gasteiger partial charge on any atom is -0.309 e. The van der Waals surface area contributed by atoms with Gasteiger partial charge in [-0.25, -0.2) is 0 Å². The van der Waals surface area contributed by atoms with Crippen molar-refractivity contribution in [1.82, 2.24) is 10.3 Å². The Morgan fingerprint density at radius 1 is 1.39 bits per heavy atom. The van der Waals surface area contributed by atoms with Crippen LogP contribution in [-0.2, 0) is 0 Å². The number of aryl methyl sites for hydroxylation is 3. The molecule has 0 radical (unpaired) electrons. The number of nitrogens with one attached hydrogen (secondary N) is 1. The Bertz CT molecular complexity index is 415. The van der Waals surface area contributed by atoms with Crippen molar-refractivity contribution in [3.8, 4) is 0 Å². The third-order valence-corrected chi connectivity index (χ3v) is 5.41. The molecule has 1 heterocycles. The number of aromatic nitrogens is 1.